The lowest BCUT2D eigenvalue weighted by Crippen LogP contribution is -1.95. The number of pyridine rings is 1. The number of aromatic nitrogens is 3. The number of rotatable bonds is 2. The topological polar surface area (TPSA) is 41.6 Å². The van der Waals surface area contributed by atoms with Crippen molar-refractivity contribution in [2.75, 3.05) is 0 Å². The normalized spacial score (nSPS) is 10.8. The van der Waals surface area contributed by atoms with E-state index < -0.39 is 0 Å². The average Bonchev–Trinajstić information content (AvgIpc) is 2.46. The molecule has 0 aliphatic heterocycles. The lowest BCUT2D eigenvalue weighted by atomic mass is 10.1. The first kappa shape index (κ1) is 12.0. The molecule has 0 amide bonds. The zero-order valence-electron chi connectivity index (χ0n) is 10.6. The minimum atomic E-state index is 0.610. The van der Waals surface area contributed by atoms with Gasteiger partial charge < -0.3 is 4.98 Å². The van der Waals surface area contributed by atoms with Crippen LogP contribution in [0, 0.1) is 4.64 Å². The van der Waals surface area contributed by atoms with Crippen LogP contribution in [0.25, 0.3) is 22.2 Å². The SMILES string of the molecule is CCc1nc(=S)cc(-c2cnc3ccccc3c2)[nH]1. The van der Waals surface area contributed by atoms with E-state index in [1.165, 1.54) is 0 Å². The van der Waals surface area contributed by atoms with Gasteiger partial charge in [-0.25, -0.2) is 4.98 Å². The number of nitrogens with one attached hydrogen (secondary N) is 1. The molecule has 3 aromatic rings. The Kier molecular flexibility index (Phi) is 3.09. The lowest BCUT2D eigenvalue weighted by molar-refractivity contribution is 0.936. The molecule has 3 nitrogen and oxygen atoms in total. The van der Waals surface area contributed by atoms with Crippen molar-refractivity contribution < 1.29 is 0 Å². The van der Waals surface area contributed by atoms with E-state index in [-0.39, 0.29) is 0 Å². The molecular formula is C15H13N3S. The molecule has 0 aliphatic carbocycles. The molecule has 0 saturated carbocycles. The number of hydrogen-bond donors (Lipinski definition) is 1. The van der Waals surface area contributed by atoms with Gasteiger partial charge in [-0.05, 0) is 18.2 Å². The molecule has 3 rings (SSSR count). The zero-order chi connectivity index (χ0) is 13.2. The van der Waals surface area contributed by atoms with Crippen molar-refractivity contribution in [1.29, 1.82) is 0 Å². The predicted molar refractivity (Wildman–Crippen MR) is 79.5 cm³/mol. The summed E-state index contributed by atoms with van der Waals surface area (Å²) in [6.07, 6.45) is 2.70. The van der Waals surface area contributed by atoms with Gasteiger partial charge in [-0.3, -0.25) is 4.98 Å². The molecule has 1 aromatic carbocycles. The van der Waals surface area contributed by atoms with Crippen LogP contribution in [0.15, 0.2) is 42.6 Å². The molecule has 0 bridgehead atoms. The highest BCUT2D eigenvalue weighted by atomic mass is 32.1. The van der Waals surface area contributed by atoms with Gasteiger partial charge in [-0.15, -0.1) is 0 Å². The summed E-state index contributed by atoms with van der Waals surface area (Å²) in [5, 5.41) is 1.12. The van der Waals surface area contributed by atoms with E-state index in [0.717, 1.165) is 34.4 Å². The van der Waals surface area contributed by atoms with Gasteiger partial charge in [0.2, 0.25) is 0 Å². The van der Waals surface area contributed by atoms with Crippen molar-refractivity contribution in [3.63, 3.8) is 0 Å². The fourth-order valence-electron chi connectivity index (χ4n) is 2.05. The van der Waals surface area contributed by atoms with Gasteiger partial charge in [0.05, 0.1) is 11.2 Å². The Morgan fingerprint density at radius 1 is 1.21 bits per heavy atom. The molecule has 0 unspecified atom stereocenters. The summed E-state index contributed by atoms with van der Waals surface area (Å²) in [6.45, 7) is 2.05. The second-order valence-corrected chi connectivity index (χ2v) is 4.77. The van der Waals surface area contributed by atoms with Crippen molar-refractivity contribution in [1.82, 2.24) is 15.0 Å². The second-order valence-electron chi connectivity index (χ2n) is 4.35. The number of H-pyrrole nitrogens is 1. The average molecular weight is 267 g/mol. The maximum Gasteiger partial charge on any atom is 0.130 e. The minimum Gasteiger partial charge on any atom is -0.343 e. The van der Waals surface area contributed by atoms with E-state index >= 15 is 0 Å². The van der Waals surface area contributed by atoms with E-state index in [1.54, 1.807) is 0 Å². The highest BCUT2D eigenvalue weighted by Gasteiger charge is 2.03. The van der Waals surface area contributed by atoms with Crippen LogP contribution in [0.4, 0.5) is 0 Å². The minimum absolute atomic E-state index is 0.610. The van der Waals surface area contributed by atoms with E-state index in [0.29, 0.717) is 4.64 Å². The third-order valence-corrected chi connectivity index (χ3v) is 3.24. The Labute approximate surface area is 116 Å². The Hall–Kier alpha value is -2.07. The van der Waals surface area contributed by atoms with Crippen molar-refractivity contribution in [3.05, 3.63) is 53.1 Å². The molecule has 1 N–H and O–H groups in total. The number of aryl methyl sites for hydroxylation is 1. The van der Waals surface area contributed by atoms with E-state index in [2.05, 4.69) is 34.0 Å². The van der Waals surface area contributed by atoms with Gasteiger partial charge in [0.15, 0.2) is 0 Å². The zero-order valence-corrected chi connectivity index (χ0v) is 11.4. The van der Waals surface area contributed by atoms with Crippen LogP contribution in [-0.4, -0.2) is 15.0 Å². The third kappa shape index (κ3) is 2.39. The van der Waals surface area contributed by atoms with E-state index in [4.69, 9.17) is 12.2 Å². The molecule has 4 heteroatoms. The van der Waals surface area contributed by atoms with Gasteiger partial charge in [0.1, 0.15) is 10.5 Å². The summed E-state index contributed by atoms with van der Waals surface area (Å²) in [5.41, 5.74) is 2.99. The largest absolute Gasteiger partial charge is 0.343 e. The monoisotopic (exact) mass is 267 g/mol. The quantitative estimate of drug-likeness (QED) is 0.716. The molecular weight excluding hydrogens is 254 g/mol. The summed E-state index contributed by atoms with van der Waals surface area (Å²) in [7, 11) is 0. The molecule has 0 radical (unpaired) electrons. The summed E-state index contributed by atoms with van der Waals surface area (Å²) < 4.78 is 0.610. The number of para-hydroxylation sites is 1. The van der Waals surface area contributed by atoms with Gasteiger partial charge in [0, 0.05) is 23.6 Å². The van der Waals surface area contributed by atoms with Crippen LogP contribution in [-0.2, 0) is 6.42 Å². The fourth-order valence-corrected chi connectivity index (χ4v) is 2.28. The molecule has 0 atom stereocenters. The van der Waals surface area contributed by atoms with Crippen molar-refractivity contribution in [2.45, 2.75) is 13.3 Å². The van der Waals surface area contributed by atoms with Crippen LogP contribution in [0.5, 0.6) is 0 Å². The Morgan fingerprint density at radius 3 is 2.89 bits per heavy atom. The first-order chi connectivity index (χ1) is 9.26. The van der Waals surface area contributed by atoms with Gasteiger partial charge >= 0.3 is 0 Å². The lowest BCUT2D eigenvalue weighted by Gasteiger charge is -2.05. The fraction of sp³-hybridized carbons (Fsp3) is 0.133. The summed E-state index contributed by atoms with van der Waals surface area (Å²) in [6, 6.07) is 12.1. The van der Waals surface area contributed by atoms with Crippen LogP contribution in [0.2, 0.25) is 0 Å². The molecule has 2 aromatic heterocycles. The smallest absolute Gasteiger partial charge is 0.130 e. The van der Waals surface area contributed by atoms with Crippen LogP contribution < -0.4 is 0 Å². The standard InChI is InChI=1S/C15H13N3S/c1-2-14-17-13(8-15(19)18-14)11-7-10-5-3-4-6-12(10)16-9-11/h3-9H,2H2,1H3,(H,17,18,19). The number of benzene rings is 1. The van der Waals surface area contributed by atoms with Crippen LogP contribution in [0.3, 0.4) is 0 Å². The number of aromatic amines is 1. The van der Waals surface area contributed by atoms with Crippen LogP contribution in [0.1, 0.15) is 12.7 Å². The van der Waals surface area contributed by atoms with Gasteiger partial charge in [0.25, 0.3) is 0 Å². The Morgan fingerprint density at radius 2 is 2.05 bits per heavy atom. The predicted octanol–water partition coefficient (Wildman–Crippen LogP) is 3.92. The highest BCUT2D eigenvalue weighted by molar-refractivity contribution is 7.71. The Balaban J connectivity index is 2.18. The molecule has 94 valence electrons. The molecule has 0 fully saturated rings. The van der Waals surface area contributed by atoms with E-state index in [9.17, 15) is 0 Å². The van der Waals surface area contributed by atoms with Crippen molar-refractivity contribution in [2.24, 2.45) is 0 Å². The van der Waals surface area contributed by atoms with E-state index in [1.807, 2.05) is 30.5 Å². The number of fused-ring (bicyclic) bond motifs is 1. The second kappa shape index (κ2) is 4.90. The maximum atomic E-state index is 5.20. The first-order valence-electron chi connectivity index (χ1n) is 6.21. The number of nitrogens with zero attached hydrogens (tertiary/aromatic N) is 2. The molecule has 0 spiro atoms. The molecule has 0 aliphatic rings. The summed E-state index contributed by atoms with van der Waals surface area (Å²) >= 11 is 5.20. The summed E-state index contributed by atoms with van der Waals surface area (Å²) in [5.74, 6) is 0.899. The first-order valence-corrected chi connectivity index (χ1v) is 6.62. The van der Waals surface area contributed by atoms with Crippen molar-refractivity contribution in [3.8, 4) is 11.3 Å². The highest BCUT2D eigenvalue weighted by Crippen LogP contribution is 2.21. The third-order valence-electron chi connectivity index (χ3n) is 3.03. The van der Waals surface area contributed by atoms with Crippen LogP contribution >= 0.6 is 12.2 Å². The summed E-state index contributed by atoms with van der Waals surface area (Å²) in [4.78, 5) is 12.0. The van der Waals surface area contributed by atoms with Gasteiger partial charge in [-0.2, -0.15) is 0 Å². The Bertz CT molecular complexity index is 792. The molecule has 0 saturated heterocycles. The molecule has 2 heterocycles. The maximum absolute atomic E-state index is 5.20. The van der Waals surface area contributed by atoms with Gasteiger partial charge in [-0.1, -0.05) is 37.3 Å². The number of hydrogen-bond acceptors (Lipinski definition) is 3. The van der Waals surface area contributed by atoms with Crippen molar-refractivity contribution >= 4 is 23.1 Å². The molecule has 19 heavy (non-hydrogen) atoms.